The molecule has 3 amide bonds. The molecule has 0 aliphatic carbocycles. The number of benzene rings is 1. The number of carbonyl (C=O) groups excluding carboxylic acids is 4. The van der Waals surface area contributed by atoms with Crippen molar-refractivity contribution >= 4 is 23.7 Å². The average Bonchev–Trinajstić information content (AvgIpc) is 2.69. The van der Waals surface area contributed by atoms with Gasteiger partial charge in [-0.3, -0.25) is 14.4 Å². The van der Waals surface area contributed by atoms with Gasteiger partial charge in [-0.2, -0.15) is 0 Å². The van der Waals surface area contributed by atoms with E-state index in [9.17, 15) is 23.6 Å². The van der Waals surface area contributed by atoms with Gasteiger partial charge in [-0.25, -0.2) is 9.18 Å². The van der Waals surface area contributed by atoms with E-state index in [0.717, 1.165) is 5.56 Å². The lowest BCUT2D eigenvalue weighted by Gasteiger charge is -2.25. The molecule has 0 saturated heterocycles. The van der Waals surface area contributed by atoms with Crippen LogP contribution in [0.15, 0.2) is 30.3 Å². The smallest absolute Gasteiger partial charge is 0.408 e. The van der Waals surface area contributed by atoms with E-state index in [1.54, 1.807) is 38.1 Å². The fraction of sp³-hybridized carbons (Fsp3) is 0.500. The Morgan fingerprint density at radius 3 is 2.21 bits per heavy atom. The Morgan fingerprint density at radius 2 is 1.69 bits per heavy atom. The fourth-order valence-electron chi connectivity index (χ4n) is 2.38. The fourth-order valence-corrected chi connectivity index (χ4v) is 2.38. The quantitative estimate of drug-likeness (QED) is 0.608. The molecule has 2 atom stereocenters. The van der Waals surface area contributed by atoms with Gasteiger partial charge in [0.1, 0.15) is 19.3 Å². The van der Waals surface area contributed by atoms with Crippen molar-refractivity contribution in [2.75, 3.05) is 20.8 Å². The lowest BCUT2D eigenvalue weighted by atomic mass is 10.0. The van der Waals surface area contributed by atoms with Crippen molar-refractivity contribution in [2.24, 2.45) is 5.92 Å². The van der Waals surface area contributed by atoms with Crippen LogP contribution in [0.5, 0.6) is 0 Å². The third-order valence-electron chi connectivity index (χ3n) is 4.15. The number of halogens is 1. The van der Waals surface area contributed by atoms with Gasteiger partial charge in [-0.05, 0) is 11.5 Å². The molecule has 1 unspecified atom stereocenters. The standard InChI is InChI=1S/C20H28FN3O5/c1-13(2)18(23-20(28)29-12-14-8-6-5-7-9-14)19(27)22-15(16(25)11-21)10-17(26)24(3)4/h5-9,13,15,18H,10-12H2,1-4H3,(H,22,27)(H,23,28)/t15?,18-/m0/s1. The number of Topliss-reactive ketones (excluding diaryl/α,β-unsaturated/α-hetero) is 1. The van der Waals surface area contributed by atoms with Crippen molar-refractivity contribution in [1.82, 2.24) is 15.5 Å². The zero-order valence-electron chi connectivity index (χ0n) is 17.1. The molecule has 0 fully saturated rings. The second kappa shape index (κ2) is 11.8. The van der Waals surface area contributed by atoms with Crippen molar-refractivity contribution in [1.29, 1.82) is 0 Å². The molecule has 1 aromatic rings. The van der Waals surface area contributed by atoms with Crippen molar-refractivity contribution in [3.8, 4) is 0 Å². The van der Waals surface area contributed by atoms with Gasteiger partial charge >= 0.3 is 6.09 Å². The third-order valence-corrected chi connectivity index (χ3v) is 4.15. The molecule has 2 N–H and O–H groups in total. The summed E-state index contributed by atoms with van der Waals surface area (Å²) >= 11 is 0. The topological polar surface area (TPSA) is 105 Å². The SMILES string of the molecule is CC(C)[C@H](NC(=O)OCc1ccccc1)C(=O)NC(CC(=O)N(C)C)C(=O)CF. The first kappa shape index (κ1) is 24.1. The Labute approximate surface area is 169 Å². The molecule has 1 aromatic carbocycles. The molecule has 1 rings (SSSR count). The highest BCUT2D eigenvalue weighted by Crippen LogP contribution is 2.07. The number of ketones is 1. The van der Waals surface area contributed by atoms with Crippen LogP contribution in [0.4, 0.5) is 9.18 Å². The molecule has 0 aliphatic heterocycles. The Kier molecular flexibility index (Phi) is 9.78. The zero-order valence-corrected chi connectivity index (χ0v) is 17.1. The van der Waals surface area contributed by atoms with Gasteiger partial charge in [0.15, 0.2) is 5.78 Å². The number of nitrogens with one attached hydrogen (secondary N) is 2. The monoisotopic (exact) mass is 409 g/mol. The number of alkyl carbamates (subject to hydrolysis) is 1. The maximum atomic E-state index is 12.9. The van der Waals surface area contributed by atoms with Crippen LogP contribution in [0, 0.1) is 5.92 Å². The minimum atomic E-state index is -1.31. The van der Waals surface area contributed by atoms with E-state index in [4.69, 9.17) is 4.74 Å². The van der Waals surface area contributed by atoms with Crippen molar-refractivity contribution < 1.29 is 28.3 Å². The summed E-state index contributed by atoms with van der Waals surface area (Å²) in [6.45, 7) is 2.10. The average molecular weight is 409 g/mol. The highest BCUT2D eigenvalue weighted by molar-refractivity contribution is 5.95. The van der Waals surface area contributed by atoms with Crippen molar-refractivity contribution in [2.45, 2.75) is 39.0 Å². The number of hydrogen-bond acceptors (Lipinski definition) is 5. The molecule has 0 spiro atoms. The van der Waals surface area contributed by atoms with E-state index in [-0.39, 0.29) is 18.9 Å². The summed E-state index contributed by atoms with van der Waals surface area (Å²) in [5.74, 6) is -2.39. The molecule has 0 aliphatic rings. The number of carbonyl (C=O) groups is 4. The first-order valence-electron chi connectivity index (χ1n) is 9.22. The molecule has 29 heavy (non-hydrogen) atoms. The van der Waals surface area contributed by atoms with E-state index < -0.39 is 42.4 Å². The van der Waals surface area contributed by atoms with Gasteiger partial charge < -0.3 is 20.3 Å². The molecule has 0 saturated carbocycles. The van der Waals surface area contributed by atoms with E-state index in [0.29, 0.717) is 0 Å². The normalized spacial score (nSPS) is 12.6. The van der Waals surface area contributed by atoms with E-state index in [2.05, 4.69) is 10.6 Å². The summed E-state index contributed by atoms with van der Waals surface area (Å²) < 4.78 is 18.0. The van der Waals surface area contributed by atoms with Crippen LogP contribution >= 0.6 is 0 Å². The Hall–Kier alpha value is -2.97. The Bertz CT molecular complexity index is 709. The summed E-state index contributed by atoms with van der Waals surface area (Å²) in [6, 6.07) is 6.67. The van der Waals surface area contributed by atoms with Gasteiger partial charge in [-0.15, -0.1) is 0 Å². The number of hydrogen-bond donors (Lipinski definition) is 2. The minimum Gasteiger partial charge on any atom is -0.445 e. The van der Waals surface area contributed by atoms with Crippen LogP contribution in [-0.4, -0.2) is 61.4 Å². The van der Waals surface area contributed by atoms with E-state index >= 15 is 0 Å². The van der Waals surface area contributed by atoms with Crippen LogP contribution < -0.4 is 10.6 Å². The predicted molar refractivity (Wildman–Crippen MR) is 105 cm³/mol. The van der Waals surface area contributed by atoms with E-state index in [1.165, 1.54) is 19.0 Å². The second-order valence-corrected chi connectivity index (χ2v) is 7.08. The van der Waals surface area contributed by atoms with Crippen LogP contribution in [0.2, 0.25) is 0 Å². The van der Waals surface area contributed by atoms with Crippen molar-refractivity contribution in [3.05, 3.63) is 35.9 Å². The summed E-state index contributed by atoms with van der Waals surface area (Å²) in [5, 5.41) is 4.82. The van der Waals surface area contributed by atoms with Crippen LogP contribution in [0.3, 0.4) is 0 Å². The van der Waals surface area contributed by atoms with E-state index in [1.807, 2.05) is 6.07 Å². The highest BCUT2D eigenvalue weighted by Gasteiger charge is 2.30. The number of alkyl halides is 1. The first-order chi connectivity index (χ1) is 13.6. The summed E-state index contributed by atoms with van der Waals surface area (Å²) in [7, 11) is 2.98. The van der Waals surface area contributed by atoms with Crippen LogP contribution in [-0.2, 0) is 25.7 Å². The van der Waals surface area contributed by atoms with Crippen molar-refractivity contribution in [3.63, 3.8) is 0 Å². The zero-order chi connectivity index (χ0) is 22.0. The number of rotatable bonds is 10. The van der Waals surface area contributed by atoms with Gasteiger partial charge in [0.05, 0.1) is 12.5 Å². The van der Waals surface area contributed by atoms with Gasteiger partial charge in [0.25, 0.3) is 0 Å². The molecule has 0 bridgehead atoms. The second-order valence-electron chi connectivity index (χ2n) is 7.08. The molecule has 0 heterocycles. The van der Waals surface area contributed by atoms with Crippen LogP contribution in [0.25, 0.3) is 0 Å². The number of amides is 3. The predicted octanol–water partition coefficient (Wildman–Crippen LogP) is 1.44. The lowest BCUT2D eigenvalue weighted by Crippen LogP contribution is -2.54. The van der Waals surface area contributed by atoms with Gasteiger partial charge in [0, 0.05) is 14.1 Å². The maximum absolute atomic E-state index is 12.9. The number of ether oxygens (including phenoxy) is 1. The third kappa shape index (κ3) is 8.28. The number of nitrogens with zero attached hydrogens (tertiary/aromatic N) is 1. The maximum Gasteiger partial charge on any atom is 0.408 e. The molecular weight excluding hydrogens is 381 g/mol. The van der Waals surface area contributed by atoms with Crippen LogP contribution in [0.1, 0.15) is 25.8 Å². The molecule has 0 aromatic heterocycles. The van der Waals surface area contributed by atoms with Gasteiger partial charge in [0.2, 0.25) is 11.8 Å². The summed E-state index contributed by atoms with van der Waals surface area (Å²) in [4.78, 5) is 49.6. The molecule has 8 nitrogen and oxygen atoms in total. The largest absolute Gasteiger partial charge is 0.445 e. The molecular formula is C20H28FN3O5. The first-order valence-corrected chi connectivity index (χ1v) is 9.22. The lowest BCUT2D eigenvalue weighted by molar-refractivity contribution is -0.134. The highest BCUT2D eigenvalue weighted by atomic mass is 19.1. The Morgan fingerprint density at radius 1 is 1.07 bits per heavy atom. The summed E-state index contributed by atoms with van der Waals surface area (Å²) in [6.07, 6.45) is -1.18. The minimum absolute atomic E-state index is 0.0272. The molecule has 9 heteroatoms. The molecule has 0 radical (unpaired) electrons. The molecule has 160 valence electrons. The Balaban J connectivity index is 2.74. The van der Waals surface area contributed by atoms with Gasteiger partial charge in [-0.1, -0.05) is 44.2 Å². The summed E-state index contributed by atoms with van der Waals surface area (Å²) in [5.41, 5.74) is 0.781.